The van der Waals surface area contributed by atoms with Crippen LogP contribution in [0, 0.1) is 5.92 Å². The van der Waals surface area contributed by atoms with E-state index in [0.29, 0.717) is 24.6 Å². The number of amides is 1. The van der Waals surface area contributed by atoms with Crippen molar-refractivity contribution in [3.8, 4) is 0 Å². The molecule has 22 heavy (non-hydrogen) atoms. The van der Waals surface area contributed by atoms with Crippen LogP contribution in [0.25, 0.3) is 0 Å². The second-order valence-electron chi connectivity index (χ2n) is 5.82. The summed E-state index contributed by atoms with van der Waals surface area (Å²) in [6, 6.07) is 7.45. The second kappa shape index (κ2) is 8.76. The summed E-state index contributed by atoms with van der Waals surface area (Å²) in [6.07, 6.45) is 3.26. The normalized spacial score (nSPS) is 17.5. The van der Waals surface area contributed by atoms with E-state index < -0.39 is 0 Å². The van der Waals surface area contributed by atoms with Gasteiger partial charge in [0.25, 0.3) is 5.91 Å². The Labute approximate surface area is 132 Å². The molecule has 1 fully saturated rings. The topological polar surface area (TPSA) is 61.8 Å². The number of benzene rings is 1. The molecule has 5 heteroatoms. The van der Waals surface area contributed by atoms with Gasteiger partial charge in [-0.05, 0) is 49.4 Å². The van der Waals surface area contributed by atoms with E-state index in [-0.39, 0.29) is 12.5 Å². The van der Waals surface area contributed by atoms with Crippen molar-refractivity contribution in [1.82, 2.24) is 5.32 Å². The molecule has 2 rings (SSSR count). The van der Waals surface area contributed by atoms with E-state index in [2.05, 4.69) is 5.32 Å². The second-order valence-corrected chi connectivity index (χ2v) is 5.82. The van der Waals surface area contributed by atoms with E-state index in [1.165, 1.54) is 0 Å². The number of nitrogens with zero attached hydrogens (tertiary/aromatic N) is 1. The predicted molar refractivity (Wildman–Crippen MR) is 87.3 cm³/mol. The SMILES string of the molecule is CN(CCO)c1ccc(C(=O)NCCCC2CCOC2)cc1. The molecule has 1 aromatic rings. The molecule has 1 amide bonds. The molecule has 5 nitrogen and oxygen atoms in total. The van der Waals surface area contributed by atoms with E-state index in [0.717, 1.165) is 38.2 Å². The van der Waals surface area contributed by atoms with Crippen molar-refractivity contribution in [2.24, 2.45) is 5.92 Å². The van der Waals surface area contributed by atoms with Crippen LogP contribution in [-0.4, -0.2) is 51.0 Å². The van der Waals surface area contributed by atoms with Gasteiger partial charge in [0.15, 0.2) is 0 Å². The fourth-order valence-electron chi connectivity index (χ4n) is 2.65. The highest BCUT2D eigenvalue weighted by Gasteiger charge is 2.15. The Balaban J connectivity index is 1.72. The maximum Gasteiger partial charge on any atom is 0.251 e. The molecule has 0 bridgehead atoms. The first kappa shape index (κ1) is 16.8. The van der Waals surface area contributed by atoms with Crippen LogP contribution in [0.15, 0.2) is 24.3 Å². The molecule has 1 heterocycles. The molecule has 0 saturated carbocycles. The van der Waals surface area contributed by atoms with Gasteiger partial charge in [0.2, 0.25) is 0 Å². The van der Waals surface area contributed by atoms with Crippen LogP contribution in [0.5, 0.6) is 0 Å². The lowest BCUT2D eigenvalue weighted by molar-refractivity contribution is 0.0952. The summed E-state index contributed by atoms with van der Waals surface area (Å²) in [5.41, 5.74) is 1.66. The average molecular weight is 306 g/mol. The summed E-state index contributed by atoms with van der Waals surface area (Å²) in [5.74, 6) is 0.636. The molecular formula is C17H26N2O3. The highest BCUT2D eigenvalue weighted by atomic mass is 16.5. The van der Waals surface area contributed by atoms with Crippen LogP contribution in [0.3, 0.4) is 0 Å². The van der Waals surface area contributed by atoms with Crippen molar-refractivity contribution in [2.75, 3.05) is 44.9 Å². The van der Waals surface area contributed by atoms with Crippen LogP contribution in [0.4, 0.5) is 5.69 Å². The third-order valence-electron chi connectivity index (χ3n) is 4.10. The third-order valence-corrected chi connectivity index (χ3v) is 4.10. The molecule has 122 valence electrons. The largest absolute Gasteiger partial charge is 0.395 e. The molecule has 0 aromatic heterocycles. The number of likely N-dealkylation sites (N-methyl/N-ethyl adjacent to an activating group) is 1. The zero-order chi connectivity index (χ0) is 15.8. The zero-order valence-electron chi connectivity index (χ0n) is 13.3. The van der Waals surface area contributed by atoms with Crippen LogP contribution in [0.2, 0.25) is 0 Å². The standard InChI is InChI=1S/C17H26N2O3/c1-19(10-11-20)16-6-4-15(5-7-16)17(21)18-9-2-3-14-8-12-22-13-14/h4-7,14,20H,2-3,8-13H2,1H3,(H,18,21). The van der Waals surface area contributed by atoms with Gasteiger partial charge in [0.05, 0.1) is 6.61 Å². The number of rotatable bonds is 8. The van der Waals surface area contributed by atoms with Crippen LogP contribution < -0.4 is 10.2 Å². The summed E-state index contributed by atoms with van der Waals surface area (Å²) in [5, 5.41) is 11.9. The number of hydrogen-bond acceptors (Lipinski definition) is 4. The van der Waals surface area contributed by atoms with E-state index in [1.807, 2.05) is 36.2 Å². The smallest absolute Gasteiger partial charge is 0.251 e. The van der Waals surface area contributed by atoms with Crippen molar-refractivity contribution < 1.29 is 14.6 Å². The average Bonchev–Trinajstić information content (AvgIpc) is 3.05. The monoisotopic (exact) mass is 306 g/mol. The number of aliphatic hydroxyl groups is 1. The first-order valence-corrected chi connectivity index (χ1v) is 7.98. The van der Waals surface area contributed by atoms with Crippen molar-refractivity contribution in [2.45, 2.75) is 19.3 Å². The Kier molecular flexibility index (Phi) is 6.68. The summed E-state index contributed by atoms with van der Waals surface area (Å²) in [4.78, 5) is 14.0. The Morgan fingerprint density at radius 2 is 2.18 bits per heavy atom. The van der Waals surface area contributed by atoms with E-state index >= 15 is 0 Å². The van der Waals surface area contributed by atoms with Gasteiger partial charge in [-0.15, -0.1) is 0 Å². The Bertz CT molecular complexity index is 455. The number of carbonyl (C=O) groups excluding carboxylic acids is 1. The van der Waals surface area contributed by atoms with Gasteiger partial charge in [-0.3, -0.25) is 4.79 Å². The minimum Gasteiger partial charge on any atom is -0.395 e. The quantitative estimate of drug-likeness (QED) is 0.717. The van der Waals surface area contributed by atoms with E-state index in [9.17, 15) is 4.79 Å². The lowest BCUT2D eigenvalue weighted by atomic mass is 10.0. The van der Waals surface area contributed by atoms with Gasteiger partial charge in [-0.25, -0.2) is 0 Å². The van der Waals surface area contributed by atoms with Gasteiger partial charge in [-0.1, -0.05) is 0 Å². The molecule has 2 N–H and O–H groups in total. The molecule has 0 spiro atoms. The van der Waals surface area contributed by atoms with E-state index in [4.69, 9.17) is 9.84 Å². The minimum absolute atomic E-state index is 0.0287. The molecule has 1 aliphatic rings. The lowest BCUT2D eigenvalue weighted by Gasteiger charge is -2.18. The summed E-state index contributed by atoms with van der Waals surface area (Å²) >= 11 is 0. The fraction of sp³-hybridized carbons (Fsp3) is 0.588. The first-order valence-electron chi connectivity index (χ1n) is 7.98. The number of hydrogen-bond donors (Lipinski definition) is 2. The highest BCUT2D eigenvalue weighted by molar-refractivity contribution is 5.94. The maximum atomic E-state index is 12.1. The fourth-order valence-corrected chi connectivity index (χ4v) is 2.65. The molecule has 0 aliphatic carbocycles. The molecule has 0 radical (unpaired) electrons. The Morgan fingerprint density at radius 3 is 2.82 bits per heavy atom. The first-order chi connectivity index (χ1) is 10.7. The Hall–Kier alpha value is -1.59. The van der Waals surface area contributed by atoms with Crippen LogP contribution in [0.1, 0.15) is 29.6 Å². The van der Waals surface area contributed by atoms with Crippen molar-refractivity contribution in [1.29, 1.82) is 0 Å². The minimum atomic E-state index is -0.0287. The van der Waals surface area contributed by atoms with Gasteiger partial charge < -0.3 is 20.1 Å². The number of anilines is 1. The summed E-state index contributed by atoms with van der Waals surface area (Å²) in [6.45, 7) is 3.16. The van der Waals surface area contributed by atoms with Gasteiger partial charge >= 0.3 is 0 Å². The third kappa shape index (κ3) is 5.00. The highest BCUT2D eigenvalue weighted by Crippen LogP contribution is 2.17. The summed E-state index contributed by atoms with van der Waals surface area (Å²) in [7, 11) is 1.91. The molecule has 1 unspecified atom stereocenters. The molecule has 1 atom stereocenters. The molecular weight excluding hydrogens is 280 g/mol. The maximum absolute atomic E-state index is 12.1. The van der Waals surface area contributed by atoms with Gasteiger partial charge in [0.1, 0.15) is 0 Å². The van der Waals surface area contributed by atoms with Crippen molar-refractivity contribution >= 4 is 11.6 Å². The number of carbonyl (C=O) groups is 1. The van der Waals surface area contributed by atoms with E-state index in [1.54, 1.807) is 0 Å². The van der Waals surface area contributed by atoms with Gasteiger partial charge in [0, 0.05) is 44.6 Å². The van der Waals surface area contributed by atoms with Gasteiger partial charge in [-0.2, -0.15) is 0 Å². The summed E-state index contributed by atoms with van der Waals surface area (Å²) < 4.78 is 5.35. The van der Waals surface area contributed by atoms with Crippen LogP contribution in [-0.2, 0) is 4.74 Å². The lowest BCUT2D eigenvalue weighted by Crippen LogP contribution is -2.25. The van der Waals surface area contributed by atoms with Crippen molar-refractivity contribution in [3.05, 3.63) is 29.8 Å². The molecule has 1 saturated heterocycles. The Morgan fingerprint density at radius 1 is 1.41 bits per heavy atom. The predicted octanol–water partition coefficient (Wildman–Crippen LogP) is 1.66. The molecule has 1 aromatic carbocycles. The molecule has 1 aliphatic heterocycles. The number of aliphatic hydroxyl groups excluding tert-OH is 1. The number of nitrogens with one attached hydrogen (secondary N) is 1. The van der Waals surface area contributed by atoms with Crippen molar-refractivity contribution in [3.63, 3.8) is 0 Å². The zero-order valence-corrected chi connectivity index (χ0v) is 13.3. The number of ether oxygens (including phenoxy) is 1. The van der Waals surface area contributed by atoms with Crippen LogP contribution >= 0.6 is 0 Å².